The summed E-state index contributed by atoms with van der Waals surface area (Å²) in [5.41, 5.74) is 0. The van der Waals surface area contributed by atoms with E-state index in [-0.39, 0.29) is 0 Å². The number of rotatable bonds is 5. The van der Waals surface area contributed by atoms with E-state index in [1.807, 2.05) is 0 Å². The summed E-state index contributed by atoms with van der Waals surface area (Å²) in [6, 6.07) is 0.385. The Labute approximate surface area is 93.2 Å². The molecule has 3 heteroatoms. The van der Waals surface area contributed by atoms with Gasteiger partial charge in [0.1, 0.15) is 0 Å². The quantitative estimate of drug-likeness (QED) is 0.676. The Balaban J connectivity index is 2.18. The smallest absolute Gasteiger partial charge is 0.0826 e. The summed E-state index contributed by atoms with van der Waals surface area (Å²) in [6.07, 6.45) is 6.35. The third kappa shape index (κ3) is 4.65. The van der Waals surface area contributed by atoms with Crippen LogP contribution in [0.3, 0.4) is 0 Å². The number of ether oxygens (including phenoxy) is 1. The van der Waals surface area contributed by atoms with E-state index in [9.17, 15) is 0 Å². The minimum absolute atomic E-state index is 0.318. The van der Waals surface area contributed by atoms with E-state index in [1.165, 1.54) is 0 Å². The number of likely N-dealkylation sites (N-methyl/N-ethyl adjacent to an activating group) is 1. The van der Waals surface area contributed by atoms with Crippen LogP contribution in [0.5, 0.6) is 0 Å². The topological polar surface area (TPSA) is 24.5 Å². The van der Waals surface area contributed by atoms with Crippen LogP contribution in [0, 0.1) is 12.3 Å². The molecule has 0 saturated carbocycles. The SMILES string of the molecule is C#CCC(C)NCC1CN(CC)CCO1. The minimum atomic E-state index is 0.318. The Morgan fingerprint density at radius 1 is 1.67 bits per heavy atom. The molecule has 0 aromatic heterocycles. The average Bonchev–Trinajstić information content (AvgIpc) is 2.27. The highest BCUT2D eigenvalue weighted by Crippen LogP contribution is 2.04. The first kappa shape index (κ1) is 12.5. The zero-order valence-electron chi connectivity index (χ0n) is 9.83. The number of nitrogens with one attached hydrogen (secondary N) is 1. The average molecular weight is 210 g/mol. The van der Waals surface area contributed by atoms with Gasteiger partial charge in [0, 0.05) is 32.1 Å². The third-order valence-electron chi connectivity index (χ3n) is 2.79. The summed E-state index contributed by atoms with van der Waals surface area (Å²) < 4.78 is 5.68. The lowest BCUT2D eigenvalue weighted by Crippen LogP contribution is -2.47. The number of hydrogen-bond donors (Lipinski definition) is 1. The van der Waals surface area contributed by atoms with E-state index in [2.05, 4.69) is 30.0 Å². The molecule has 0 aromatic carbocycles. The standard InChI is InChI=1S/C12H22N2O/c1-4-6-11(3)13-9-12-10-14(5-2)7-8-15-12/h1,11-13H,5-10H2,2-3H3. The Bertz CT molecular complexity index is 212. The number of hydrogen-bond acceptors (Lipinski definition) is 3. The molecule has 2 unspecified atom stereocenters. The first-order valence-electron chi connectivity index (χ1n) is 5.77. The molecule has 1 heterocycles. The second-order valence-electron chi connectivity index (χ2n) is 4.10. The van der Waals surface area contributed by atoms with Crippen molar-refractivity contribution in [2.75, 3.05) is 32.8 Å². The van der Waals surface area contributed by atoms with Crippen molar-refractivity contribution in [3.05, 3.63) is 0 Å². The predicted molar refractivity (Wildman–Crippen MR) is 62.8 cm³/mol. The van der Waals surface area contributed by atoms with Crippen LogP contribution in [0.25, 0.3) is 0 Å². The van der Waals surface area contributed by atoms with Gasteiger partial charge in [0.15, 0.2) is 0 Å². The molecule has 0 aromatic rings. The summed E-state index contributed by atoms with van der Waals surface area (Å²) in [6.45, 7) is 9.26. The summed E-state index contributed by atoms with van der Waals surface area (Å²) in [5, 5.41) is 3.40. The van der Waals surface area contributed by atoms with Gasteiger partial charge in [-0.15, -0.1) is 12.3 Å². The van der Waals surface area contributed by atoms with Crippen molar-refractivity contribution in [3.8, 4) is 12.3 Å². The molecule has 0 spiro atoms. The van der Waals surface area contributed by atoms with E-state index < -0.39 is 0 Å². The lowest BCUT2D eigenvalue weighted by molar-refractivity contribution is -0.0261. The van der Waals surface area contributed by atoms with Crippen LogP contribution < -0.4 is 5.32 Å². The summed E-state index contributed by atoms with van der Waals surface area (Å²) >= 11 is 0. The van der Waals surface area contributed by atoms with E-state index in [0.29, 0.717) is 12.1 Å². The minimum Gasteiger partial charge on any atom is -0.374 e. The molecule has 0 radical (unpaired) electrons. The van der Waals surface area contributed by atoms with E-state index in [4.69, 9.17) is 11.2 Å². The van der Waals surface area contributed by atoms with Gasteiger partial charge in [-0.05, 0) is 13.5 Å². The monoisotopic (exact) mass is 210 g/mol. The summed E-state index contributed by atoms with van der Waals surface area (Å²) in [5.74, 6) is 2.66. The molecule has 1 aliphatic rings. The Morgan fingerprint density at radius 2 is 2.47 bits per heavy atom. The van der Waals surface area contributed by atoms with Crippen LogP contribution in [-0.4, -0.2) is 49.8 Å². The second-order valence-corrected chi connectivity index (χ2v) is 4.10. The number of nitrogens with zero attached hydrogens (tertiary/aromatic N) is 1. The van der Waals surface area contributed by atoms with Crippen molar-refractivity contribution in [1.29, 1.82) is 0 Å². The van der Waals surface area contributed by atoms with Gasteiger partial charge in [0.2, 0.25) is 0 Å². The summed E-state index contributed by atoms with van der Waals surface area (Å²) in [7, 11) is 0. The van der Waals surface area contributed by atoms with Gasteiger partial charge in [-0.2, -0.15) is 0 Å². The van der Waals surface area contributed by atoms with Crippen molar-refractivity contribution in [2.24, 2.45) is 0 Å². The molecular formula is C12H22N2O. The van der Waals surface area contributed by atoms with Gasteiger partial charge < -0.3 is 10.1 Å². The Kier molecular flexibility index (Phi) is 5.70. The molecule has 0 aliphatic carbocycles. The van der Waals surface area contributed by atoms with Gasteiger partial charge >= 0.3 is 0 Å². The molecule has 1 aliphatic heterocycles. The second kappa shape index (κ2) is 6.84. The van der Waals surface area contributed by atoms with Crippen molar-refractivity contribution < 1.29 is 4.74 Å². The molecule has 0 bridgehead atoms. The molecule has 3 nitrogen and oxygen atoms in total. The molecule has 1 N–H and O–H groups in total. The van der Waals surface area contributed by atoms with Crippen LogP contribution in [0.4, 0.5) is 0 Å². The van der Waals surface area contributed by atoms with Gasteiger partial charge in [-0.25, -0.2) is 0 Å². The lowest BCUT2D eigenvalue weighted by atomic mass is 10.2. The van der Waals surface area contributed by atoms with E-state index in [1.54, 1.807) is 0 Å². The largest absolute Gasteiger partial charge is 0.374 e. The van der Waals surface area contributed by atoms with Crippen molar-refractivity contribution in [1.82, 2.24) is 10.2 Å². The first-order valence-corrected chi connectivity index (χ1v) is 5.77. The predicted octanol–water partition coefficient (Wildman–Crippen LogP) is 0.708. The maximum Gasteiger partial charge on any atom is 0.0826 e. The highest BCUT2D eigenvalue weighted by Gasteiger charge is 2.19. The van der Waals surface area contributed by atoms with Crippen LogP contribution in [-0.2, 0) is 4.74 Å². The van der Waals surface area contributed by atoms with Crippen LogP contribution in [0.1, 0.15) is 20.3 Å². The van der Waals surface area contributed by atoms with Gasteiger partial charge in [0.05, 0.1) is 12.7 Å². The fourth-order valence-electron chi connectivity index (χ4n) is 1.77. The highest BCUT2D eigenvalue weighted by molar-refractivity contribution is 4.88. The number of terminal acetylenes is 1. The maximum absolute atomic E-state index is 5.68. The normalized spacial score (nSPS) is 24.7. The van der Waals surface area contributed by atoms with E-state index in [0.717, 1.165) is 39.2 Å². The molecule has 0 amide bonds. The molecule has 15 heavy (non-hydrogen) atoms. The van der Waals surface area contributed by atoms with Crippen LogP contribution in [0.2, 0.25) is 0 Å². The summed E-state index contributed by atoms with van der Waals surface area (Å²) in [4.78, 5) is 2.42. The third-order valence-corrected chi connectivity index (χ3v) is 2.79. The fraction of sp³-hybridized carbons (Fsp3) is 0.833. The molecule has 86 valence electrons. The fourth-order valence-corrected chi connectivity index (χ4v) is 1.77. The van der Waals surface area contributed by atoms with E-state index >= 15 is 0 Å². The van der Waals surface area contributed by atoms with Crippen LogP contribution >= 0.6 is 0 Å². The molecule has 1 rings (SSSR count). The van der Waals surface area contributed by atoms with Crippen molar-refractivity contribution >= 4 is 0 Å². The maximum atomic E-state index is 5.68. The zero-order chi connectivity index (χ0) is 11.1. The Morgan fingerprint density at radius 3 is 3.13 bits per heavy atom. The van der Waals surface area contributed by atoms with Gasteiger partial charge in [-0.3, -0.25) is 4.90 Å². The number of morpholine rings is 1. The molecule has 2 atom stereocenters. The molecule has 1 fully saturated rings. The van der Waals surface area contributed by atoms with Gasteiger partial charge in [0.25, 0.3) is 0 Å². The van der Waals surface area contributed by atoms with Crippen molar-refractivity contribution in [3.63, 3.8) is 0 Å². The first-order chi connectivity index (χ1) is 7.26. The van der Waals surface area contributed by atoms with Gasteiger partial charge in [-0.1, -0.05) is 6.92 Å². The molecular weight excluding hydrogens is 188 g/mol. The molecule has 1 saturated heterocycles. The van der Waals surface area contributed by atoms with Crippen LogP contribution in [0.15, 0.2) is 0 Å². The lowest BCUT2D eigenvalue weighted by Gasteiger charge is -2.32. The van der Waals surface area contributed by atoms with Crippen molar-refractivity contribution in [2.45, 2.75) is 32.4 Å². The highest BCUT2D eigenvalue weighted by atomic mass is 16.5. The zero-order valence-corrected chi connectivity index (χ0v) is 9.83. The Hall–Kier alpha value is -0.560.